The molecule has 2 amide bonds. The molecule has 1 aromatic heterocycles. The number of nitrogens with zero attached hydrogens (tertiary/aromatic N) is 1. The van der Waals surface area contributed by atoms with E-state index in [9.17, 15) is 4.79 Å². The van der Waals surface area contributed by atoms with E-state index in [1.54, 1.807) is 11.3 Å². The summed E-state index contributed by atoms with van der Waals surface area (Å²) in [6.07, 6.45) is 2.86. The second kappa shape index (κ2) is 6.34. The molecular formula is C13H21N3O2S. The monoisotopic (exact) mass is 283 g/mol. The first kappa shape index (κ1) is 14.3. The van der Waals surface area contributed by atoms with Crippen LogP contribution in [0.15, 0.2) is 6.20 Å². The number of thiazole rings is 1. The van der Waals surface area contributed by atoms with E-state index >= 15 is 0 Å². The van der Waals surface area contributed by atoms with E-state index in [0.29, 0.717) is 6.54 Å². The first-order chi connectivity index (χ1) is 9.06. The highest BCUT2D eigenvalue weighted by Gasteiger charge is 2.25. The normalized spacial score (nSPS) is 24.2. The van der Waals surface area contributed by atoms with Crippen molar-refractivity contribution in [1.29, 1.82) is 0 Å². The van der Waals surface area contributed by atoms with Crippen LogP contribution in [0.25, 0.3) is 0 Å². The topological polar surface area (TPSA) is 63.2 Å². The molecule has 0 saturated carbocycles. The van der Waals surface area contributed by atoms with Crippen LogP contribution in [-0.4, -0.2) is 36.3 Å². The number of carbonyl (C=O) groups is 1. The zero-order chi connectivity index (χ0) is 13.8. The zero-order valence-corrected chi connectivity index (χ0v) is 12.4. The van der Waals surface area contributed by atoms with E-state index in [-0.39, 0.29) is 24.1 Å². The Morgan fingerprint density at radius 3 is 3.05 bits per heavy atom. The number of hydrogen-bond acceptors (Lipinski definition) is 4. The molecule has 1 aromatic rings. The molecule has 1 fully saturated rings. The van der Waals surface area contributed by atoms with E-state index in [4.69, 9.17) is 4.74 Å². The molecule has 0 radical (unpaired) electrons. The molecular weight excluding hydrogens is 262 g/mol. The largest absolute Gasteiger partial charge is 0.376 e. The Balaban J connectivity index is 1.74. The lowest BCUT2D eigenvalue weighted by Gasteiger charge is -2.17. The number of urea groups is 1. The molecule has 2 rings (SSSR count). The molecule has 3 atom stereocenters. The highest BCUT2D eigenvalue weighted by molar-refractivity contribution is 7.11. The molecule has 0 bridgehead atoms. The standard InChI is InChI=1S/C13H21N3O2S/c1-8(12-14-7-9(2)19-12)6-15-13(17)16-11-4-5-18-10(11)3/h7-8,10-11H,4-6H2,1-3H3,(H2,15,16,17)/t8-,10+,11-/m1/s1. The van der Waals surface area contributed by atoms with Crippen LogP contribution in [0.5, 0.6) is 0 Å². The highest BCUT2D eigenvalue weighted by Crippen LogP contribution is 2.20. The smallest absolute Gasteiger partial charge is 0.315 e. The third kappa shape index (κ3) is 3.91. The predicted octanol–water partition coefficient (Wildman–Crippen LogP) is 2.03. The number of rotatable bonds is 4. The Morgan fingerprint density at radius 2 is 2.47 bits per heavy atom. The third-order valence-electron chi connectivity index (χ3n) is 3.32. The molecule has 1 saturated heterocycles. The minimum Gasteiger partial charge on any atom is -0.376 e. The number of aryl methyl sites for hydroxylation is 1. The fourth-order valence-corrected chi connectivity index (χ4v) is 2.90. The van der Waals surface area contributed by atoms with Gasteiger partial charge in [-0.3, -0.25) is 0 Å². The maximum atomic E-state index is 11.8. The fourth-order valence-electron chi connectivity index (χ4n) is 2.07. The summed E-state index contributed by atoms with van der Waals surface area (Å²) in [6.45, 7) is 7.41. The summed E-state index contributed by atoms with van der Waals surface area (Å²) < 4.78 is 5.41. The average Bonchev–Trinajstić information content (AvgIpc) is 2.96. The summed E-state index contributed by atoms with van der Waals surface area (Å²) in [4.78, 5) is 17.3. The molecule has 0 unspecified atom stereocenters. The summed E-state index contributed by atoms with van der Waals surface area (Å²) in [5.74, 6) is 0.238. The van der Waals surface area contributed by atoms with E-state index in [2.05, 4.69) is 22.5 Å². The van der Waals surface area contributed by atoms with Crippen molar-refractivity contribution in [3.05, 3.63) is 16.1 Å². The molecule has 0 spiro atoms. The zero-order valence-electron chi connectivity index (χ0n) is 11.6. The van der Waals surface area contributed by atoms with Crippen molar-refractivity contribution in [3.8, 4) is 0 Å². The molecule has 1 aliphatic heterocycles. The van der Waals surface area contributed by atoms with Crippen molar-refractivity contribution in [3.63, 3.8) is 0 Å². The van der Waals surface area contributed by atoms with Gasteiger partial charge in [0, 0.05) is 30.1 Å². The minimum absolute atomic E-state index is 0.102. The van der Waals surface area contributed by atoms with Gasteiger partial charge in [0.05, 0.1) is 17.2 Å². The lowest BCUT2D eigenvalue weighted by atomic mass is 10.1. The van der Waals surface area contributed by atoms with E-state index in [0.717, 1.165) is 18.0 Å². The number of carbonyl (C=O) groups excluding carboxylic acids is 1. The summed E-state index contributed by atoms with van der Waals surface area (Å²) in [5, 5.41) is 6.91. The van der Waals surface area contributed by atoms with Crippen molar-refractivity contribution in [2.24, 2.45) is 0 Å². The Morgan fingerprint density at radius 1 is 1.68 bits per heavy atom. The predicted molar refractivity (Wildman–Crippen MR) is 75.6 cm³/mol. The summed E-state index contributed by atoms with van der Waals surface area (Å²) in [7, 11) is 0. The Hall–Kier alpha value is -1.14. The maximum absolute atomic E-state index is 11.8. The van der Waals surface area contributed by atoms with Gasteiger partial charge in [-0.25, -0.2) is 9.78 Å². The number of ether oxygens (including phenoxy) is 1. The molecule has 19 heavy (non-hydrogen) atoms. The Bertz CT molecular complexity index is 435. The molecule has 5 nitrogen and oxygen atoms in total. The van der Waals surface area contributed by atoms with Gasteiger partial charge in [0.1, 0.15) is 0 Å². The Kier molecular flexibility index (Phi) is 4.76. The first-order valence-electron chi connectivity index (χ1n) is 6.64. The third-order valence-corrected chi connectivity index (χ3v) is 4.47. The second-order valence-electron chi connectivity index (χ2n) is 5.04. The molecule has 6 heteroatoms. The lowest BCUT2D eigenvalue weighted by molar-refractivity contribution is 0.114. The second-order valence-corrected chi connectivity index (χ2v) is 6.30. The fraction of sp³-hybridized carbons (Fsp3) is 0.692. The van der Waals surface area contributed by atoms with E-state index < -0.39 is 0 Å². The van der Waals surface area contributed by atoms with Gasteiger partial charge in [-0.1, -0.05) is 6.92 Å². The number of aromatic nitrogens is 1. The number of nitrogens with one attached hydrogen (secondary N) is 2. The van der Waals surface area contributed by atoms with Gasteiger partial charge in [-0.2, -0.15) is 0 Å². The van der Waals surface area contributed by atoms with Gasteiger partial charge in [0.2, 0.25) is 0 Å². The maximum Gasteiger partial charge on any atom is 0.315 e. The minimum atomic E-state index is -0.123. The molecule has 2 N–H and O–H groups in total. The van der Waals surface area contributed by atoms with Crippen LogP contribution in [0.3, 0.4) is 0 Å². The van der Waals surface area contributed by atoms with Crippen LogP contribution in [0.1, 0.15) is 36.1 Å². The van der Waals surface area contributed by atoms with E-state index in [1.807, 2.05) is 20.0 Å². The van der Waals surface area contributed by atoms with Crippen LogP contribution in [-0.2, 0) is 4.74 Å². The first-order valence-corrected chi connectivity index (χ1v) is 7.46. The van der Waals surface area contributed by atoms with Crippen molar-refractivity contribution in [2.75, 3.05) is 13.2 Å². The summed E-state index contributed by atoms with van der Waals surface area (Å²) in [5.41, 5.74) is 0. The van der Waals surface area contributed by atoms with Gasteiger partial charge in [0.15, 0.2) is 0 Å². The summed E-state index contributed by atoms with van der Waals surface area (Å²) >= 11 is 1.68. The highest BCUT2D eigenvalue weighted by atomic mass is 32.1. The van der Waals surface area contributed by atoms with Crippen LogP contribution in [0.4, 0.5) is 4.79 Å². The van der Waals surface area contributed by atoms with Crippen molar-refractivity contribution < 1.29 is 9.53 Å². The SMILES string of the molecule is Cc1cnc([C@H](C)CNC(=O)N[C@@H]2CCO[C@H]2C)s1. The van der Waals surface area contributed by atoms with Crippen LogP contribution in [0, 0.1) is 6.92 Å². The molecule has 1 aliphatic rings. The molecule has 0 aliphatic carbocycles. The number of amides is 2. The van der Waals surface area contributed by atoms with Gasteiger partial charge < -0.3 is 15.4 Å². The lowest BCUT2D eigenvalue weighted by Crippen LogP contribution is -2.45. The molecule has 2 heterocycles. The van der Waals surface area contributed by atoms with Crippen LogP contribution < -0.4 is 10.6 Å². The van der Waals surface area contributed by atoms with Gasteiger partial charge in [-0.15, -0.1) is 11.3 Å². The molecule has 0 aromatic carbocycles. The van der Waals surface area contributed by atoms with Crippen molar-refractivity contribution in [2.45, 2.75) is 45.3 Å². The quantitative estimate of drug-likeness (QED) is 0.888. The van der Waals surface area contributed by atoms with Gasteiger partial charge >= 0.3 is 6.03 Å². The van der Waals surface area contributed by atoms with E-state index in [1.165, 1.54) is 4.88 Å². The van der Waals surface area contributed by atoms with Crippen LogP contribution in [0.2, 0.25) is 0 Å². The number of hydrogen-bond donors (Lipinski definition) is 2. The Labute approximate surface area is 117 Å². The van der Waals surface area contributed by atoms with Gasteiger partial charge in [-0.05, 0) is 20.3 Å². The van der Waals surface area contributed by atoms with Crippen molar-refractivity contribution in [1.82, 2.24) is 15.6 Å². The van der Waals surface area contributed by atoms with Crippen LogP contribution >= 0.6 is 11.3 Å². The van der Waals surface area contributed by atoms with Crippen molar-refractivity contribution >= 4 is 17.4 Å². The average molecular weight is 283 g/mol. The van der Waals surface area contributed by atoms with Gasteiger partial charge in [0.25, 0.3) is 0 Å². The molecule has 106 valence electrons. The summed E-state index contributed by atoms with van der Waals surface area (Å²) in [6, 6.07) is -0.000101.